The van der Waals surface area contributed by atoms with Gasteiger partial charge in [-0.25, -0.2) is 13.8 Å². The molecular weight excluding hydrogens is 338 g/mol. The van der Waals surface area contributed by atoms with Gasteiger partial charge in [0.05, 0.1) is 12.2 Å². The maximum atomic E-state index is 13.7. The standard InChI is InChI=1S/C19H26F2N4O/c1-4-16-14(17(5-2)26-25-16)12-24-19(22-6-3)23-11-10-13-8-7-9-15(20)18(13)21/h7-9H,4-6,10-12H2,1-3H3,(H2,22,23,24). The number of halogens is 2. The molecule has 0 radical (unpaired) electrons. The molecule has 0 aliphatic rings. The first-order chi connectivity index (χ1) is 12.6. The lowest BCUT2D eigenvalue weighted by molar-refractivity contribution is 0.380. The molecule has 1 aromatic carbocycles. The highest BCUT2D eigenvalue weighted by Crippen LogP contribution is 2.16. The van der Waals surface area contributed by atoms with Crippen molar-refractivity contribution in [1.29, 1.82) is 0 Å². The van der Waals surface area contributed by atoms with Crippen LogP contribution < -0.4 is 10.6 Å². The summed E-state index contributed by atoms with van der Waals surface area (Å²) in [6.45, 7) is 7.62. The zero-order valence-corrected chi connectivity index (χ0v) is 15.5. The van der Waals surface area contributed by atoms with E-state index in [-0.39, 0.29) is 0 Å². The van der Waals surface area contributed by atoms with Crippen LogP contribution in [-0.2, 0) is 25.8 Å². The Morgan fingerprint density at radius 1 is 1.15 bits per heavy atom. The summed E-state index contributed by atoms with van der Waals surface area (Å²) in [4.78, 5) is 4.57. The van der Waals surface area contributed by atoms with E-state index < -0.39 is 11.6 Å². The first-order valence-corrected chi connectivity index (χ1v) is 9.01. The summed E-state index contributed by atoms with van der Waals surface area (Å²) in [6.07, 6.45) is 1.92. The minimum Gasteiger partial charge on any atom is -0.361 e. The third kappa shape index (κ3) is 5.03. The minimum atomic E-state index is -0.824. The smallest absolute Gasteiger partial charge is 0.191 e. The number of rotatable bonds is 8. The average Bonchev–Trinajstić information content (AvgIpc) is 3.05. The van der Waals surface area contributed by atoms with Crippen molar-refractivity contribution in [3.63, 3.8) is 0 Å². The minimum absolute atomic E-state index is 0.342. The molecule has 0 amide bonds. The van der Waals surface area contributed by atoms with Gasteiger partial charge in [0.15, 0.2) is 17.6 Å². The summed E-state index contributed by atoms with van der Waals surface area (Å²) in [7, 11) is 0. The van der Waals surface area contributed by atoms with E-state index in [1.807, 2.05) is 20.8 Å². The predicted octanol–water partition coefficient (Wildman–Crippen LogP) is 3.38. The van der Waals surface area contributed by atoms with Crippen molar-refractivity contribution in [1.82, 2.24) is 15.8 Å². The lowest BCUT2D eigenvalue weighted by atomic mass is 10.1. The topological polar surface area (TPSA) is 62.5 Å². The van der Waals surface area contributed by atoms with Crippen LogP contribution in [0.5, 0.6) is 0 Å². The van der Waals surface area contributed by atoms with Crippen molar-refractivity contribution in [3.8, 4) is 0 Å². The summed E-state index contributed by atoms with van der Waals surface area (Å²) in [6, 6.07) is 4.22. The fourth-order valence-electron chi connectivity index (χ4n) is 2.67. The van der Waals surface area contributed by atoms with E-state index in [4.69, 9.17) is 4.52 Å². The molecule has 7 heteroatoms. The number of hydrogen-bond acceptors (Lipinski definition) is 3. The van der Waals surface area contributed by atoms with Crippen molar-refractivity contribution in [2.45, 2.75) is 46.6 Å². The monoisotopic (exact) mass is 364 g/mol. The maximum absolute atomic E-state index is 13.7. The van der Waals surface area contributed by atoms with Crippen LogP contribution in [0.25, 0.3) is 0 Å². The average molecular weight is 364 g/mol. The second-order valence-electron chi connectivity index (χ2n) is 5.82. The number of guanidine groups is 1. The number of nitrogens with one attached hydrogen (secondary N) is 2. The molecule has 2 rings (SSSR count). The van der Waals surface area contributed by atoms with Gasteiger partial charge in [-0.3, -0.25) is 0 Å². The molecule has 0 spiro atoms. The van der Waals surface area contributed by atoms with Gasteiger partial charge in [0.2, 0.25) is 0 Å². The molecule has 2 N–H and O–H groups in total. The van der Waals surface area contributed by atoms with Crippen molar-refractivity contribution in [3.05, 3.63) is 52.4 Å². The molecule has 26 heavy (non-hydrogen) atoms. The van der Waals surface area contributed by atoms with E-state index in [1.165, 1.54) is 6.07 Å². The fourth-order valence-corrected chi connectivity index (χ4v) is 2.67. The first kappa shape index (κ1) is 19.9. The van der Waals surface area contributed by atoms with E-state index >= 15 is 0 Å². The fraction of sp³-hybridized carbons (Fsp3) is 0.474. The molecule has 0 bridgehead atoms. The molecule has 1 aromatic heterocycles. The van der Waals surface area contributed by atoms with Crippen LogP contribution in [-0.4, -0.2) is 24.2 Å². The zero-order valence-electron chi connectivity index (χ0n) is 15.5. The Morgan fingerprint density at radius 3 is 2.65 bits per heavy atom. The number of benzene rings is 1. The van der Waals surface area contributed by atoms with Gasteiger partial charge < -0.3 is 15.2 Å². The molecule has 0 aliphatic carbocycles. The SMILES string of the molecule is CCNC(=NCc1c(CC)noc1CC)NCCc1cccc(F)c1F. The molecule has 1 heterocycles. The number of nitrogens with zero attached hydrogens (tertiary/aromatic N) is 2. The summed E-state index contributed by atoms with van der Waals surface area (Å²) < 4.78 is 32.3. The highest BCUT2D eigenvalue weighted by molar-refractivity contribution is 5.79. The lowest BCUT2D eigenvalue weighted by Gasteiger charge is -2.12. The summed E-state index contributed by atoms with van der Waals surface area (Å²) in [5.74, 6) is -0.145. The highest BCUT2D eigenvalue weighted by Gasteiger charge is 2.13. The molecule has 5 nitrogen and oxygen atoms in total. The Hall–Kier alpha value is -2.44. The van der Waals surface area contributed by atoms with Crippen LogP contribution in [0.4, 0.5) is 8.78 Å². The zero-order chi connectivity index (χ0) is 18.9. The van der Waals surface area contributed by atoms with E-state index in [2.05, 4.69) is 20.8 Å². The van der Waals surface area contributed by atoms with Gasteiger partial charge in [-0.15, -0.1) is 0 Å². The summed E-state index contributed by atoms with van der Waals surface area (Å²) in [5.41, 5.74) is 2.28. The van der Waals surface area contributed by atoms with Gasteiger partial charge in [-0.2, -0.15) is 0 Å². The van der Waals surface area contributed by atoms with Gasteiger partial charge in [0.1, 0.15) is 5.76 Å². The highest BCUT2D eigenvalue weighted by atomic mass is 19.2. The number of aryl methyl sites for hydroxylation is 2. The van der Waals surface area contributed by atoms with Gasteiger partial charge in [0, 0.05) is 25.1 Å². The molecule has 142 valence electrons. The molecule has 0 atom stereocenters. The van der Waals surface area contributed by atoms with Gasteiger partial charge in [0.25, 0.3) is 0 Å². The van der Waals surface area contributed by atoms with Crippen molar-refractivity contribution in [2.75, 3.05) is 13.1 Å². The molecule has 0 fully saturated rings. The molecule has 2 aromatic rings. The molecule has 0 unspecified atom stereocenters. The van der Waals surface area contributed by atoms with E-state index in [0.717, 1.165) is 35.9 Å². The largest absolute Gasteiger partial charge is 0.361 e. The van der Waals surface area contributed by atoms with Crippen molar-refractivity contribution < 1.29 is 13.3 Å². The van der Waals surface area contributed by atoms with Crippen LogP contribution >= 0.6 is 0 Å². The van der Waals surface area contributed by atoms with Crippen LogP contribution in [0.2, 0.25) is 0 Å². The van der Waals surface area contributed by atoms with E-state index in [1.54, 1.807) is 6.07 Å². The van der Waals surface area contributed by atoms with Gasteiger partial charge >= 0.3 is 0 Å². The molecule has 0 aliphatic heterocycles. The third-order valence-corrected chi connectivity index (χ3v) is 4.06. The second-order valence-corrected chi connectivity index (χ2v) is 5.82. The third-order valence-electron chi connectivity index (χ3n) is 4.06. The Bertz CT molecular complexity index is 722. The van der Waals surface area contributed by atoms with Crippen molar-refractivity contribution >= 4 is 5.96 Å². The van der Waals surface area contributed by atoms with Crippen LogP contribution in [0.3, 0.4) is 0 Å². The molecular formula is C19H26F2N4O. The van der Waals surface area contributed by atoms with E-state index in [0.29, 0.717) is 37.6 Å². The second kappa shape index (κ2) is 9.89. The van der Waals surface area contributed by atoms with E-state index in [9.17, 15) is 8.78 Å². The Balaban J connectivity index is 2.01. The Labute approximate surface area is 152 Å². The quantitative estimate of drug-likeness (QED) is 0.557. The lowest BCUT2D eigenvalue weighted by Crippen LogP contribution is -2.38. The maximum Gasteiger partial charge on any atom is 0.191 e. The summed E-state index contributed by atoms with van der Waals surface area (Å²) in [5, 5.41) is 10.4. The van der Waals surface area contributed by atoms with Gasteiger partial charge in [-0.1, -0.05) is 31.1 Å². The predicted molar refractivity (Wildman–Crippen MR) is 98.1 cm³/mol. The first-order valence-electron chi connectivity index (χ1n) is 9.01. The van der Waals surface area contributed by atoms with Crippen molar-refractivity contribution in [2.24, 2.45) is 4.99 Å². The Morgan fingerprint density at radius 2 is 1.96 bits per heavy atom. The number of hydrogen-bond donors (Lipinski definition) is 2. The molecule has 0 saturated carbocycles. The molecule has 0 saturated heterocycles. The van der Waals surface area contributed by atoms with Crippen LogP contribution in [0.1, 0.15) is 43.4 Å². The van der Waals surface area contributed by atoms with Crippen LogP contribution in [0.15, 0.2) is 27.7 Å². The number of aliphatic imine (C=N–C) groups is 1. The van der Waals surface area contributed by atoms with Gasteiger partial charge in [-0.05, 0) is 31.4 Å². The number of aromatic nitrogens is 1. The normalized spacial score (nSPS) is 11.7. The van der Waals surface area contributed by atoms with Crippen LogP contribution in [0, 0.1) is 11.6 Å². The summed E-state index contributed by atoms with van der Waals surface area (Å²) >= 11 is 0. The Kier molecular flexibility index (Phi) is 7.56.